The first kappa shape index (κ1) is 14.3. The van der Waals surface area contributed by atoms with E-state index in [1.54, 1.807) is 0 Å². The summed E-state index contributed by atoms with van der Waals surface area (Å²) in [6, 6.07) is 0.679. The van der Waals surface area contributed by atoms with Crippen LogP contribution in [0, 0.1) is 5.41 Å². The van der Waals surface area contributed by atoms with Gasteiger partial charge in [0.15, 0.2) is 0 Å². The molecule has 0 bridgehead atoms. The minimum absolute atomic E-state index is 0.195. The minimum Gasteiger partial charge on any atom is -0.396 e. The summed E-state index contributed by atoms with van der Waals surface area (Å²) < 4.78 is 0. The molecule has 18 heavy (non-hydrogen) atoms. The Kier molecular flexibility index (Phi) is 5.46. The van der Waals surface area contributed by atoms with E-state index in [4.69, 9.17) is 0 Å². The largest absolute Gasteiger partial charge is 0.396 e. The van der Waals surface area contributed by atoms with Gasteiger partial charge in [-0.3, -0.25) is 0 Å². The normalized spacial score (nSPS) is 26.3. The summed E-state index contributed by atoms with van der Waals surface area (Å²) in [6.45, 7) is 7.30. The fourth-order valence-electron chi connectivity index (χ4n) is 3.51. The number of rotatable bonds is 5. The molecule has 3 nitrogen and oxygen atoms in total. The van der Waals surface area contributed by atoms with Gasteiger partial charge in [-0.25, -0.2) is 0 Å². The number of hydrogen-bond acceptors (Lipinski definition) is 3. The van der Waals surface area contributed by atoms with Crippen molar-refractivity contribution in [3.63, 3.8) is 0 Å². The molecule has 0 aromatic heterocycles. The average molecular weight is 254 g/mol. The van der Waals surface area contributed by atoms with Crippen LogP contribution in [0.15, 0.2) is 0 Å². The first-order valence-electron chi connectivity index (χ1n) is 7.84. The molecule has 0 amide bonds. The Morgan fingerprint density at radius 3 is 2.39 bits per heavy atom. The second-order valence-corrected chi connectivity index (χ2v) is 6.31. The van der Waals surface area contributed by atoms with Crippen molar-refractivity contribution in [3.05, 3.63) is 0 Å². The molecule has 106 valence electrons. The van der Waals surface area contributed by atoms with E-state index in [1.807, 2.05) is 0 Å². The van der Waals surface area contributed by atoms with Crippen molar-refractivity contribution in [2.75, 3.05) is 32.8 Å². The van der Waals surface area contributed by atoms with Crippen LogP contribution in [0.4, 0.5) is 0 Å². The van der Waals surface area contributed by atoms with E-state index >= 15 is 0 Å². The molecule has 2 aliphatic rings. The topological polar surface area (TPSA) is 35.5 Å². The van der Waals surface area contributed by atoms with Gasteiger partial charge in [-0.2, -0.15) is 0 Å². The van der Waals surface area contributed by atoms with Gasteiger partial charge in [-0.15, -0.1) is 0 Å². The van der Waals surface area contributed by atoms with Gasteiger partial charge in [-0.1, -0.05) is 26.2 Å². The number of aliphatic hydroxyl groups is 1. The summed E-state index contributed by atoms with van der Waals surface area (Å²) in [4.78, 5) is 2.53. The lowest BCUT2D eigenvalue weighted by Gasteiger charge is -2.39. The molecule has 0 radical (unpaired) electrons. The molecule has 0 unspecified atom stereocenters. The van der Waals surface area contributed by atoms with Gasteiger partial charge in [0.1, 0.15) is 0 Å². The molecule has 3 heteroatoms. The van der Waals surface area contributed by atoms with Gasteiger partial charge in [0.05, 0.1) is 0 Å². The lowest BCUT2D eigenvalue weighted by atomic mass is 9.74. The Balaban J connectivity index is 1.73. The quantitative estimate of drug-likeness (QED) is 0.788. The molecular formula is C15H30N2O. The molecule has 0 aromatic rings. The fourth-order valence-corrected chi connectivity index (χ4v) is 3.51. The molecule has 2 fully saturated rings. The van der Waals surface area contributed by atoms with Crippen LogP contribution in [0.3, 0.4) is 0 Å². The SMILES string of the molecule is CCN1CCC(NCC2(CO)CCCCC2)CC1. The monoisotopic (exact) mass is 254 g/mol. The lowest BCUT2D eigenvalue weighted by molar-refractivity contribution is 0.0742. The summed E-state index contributed by atoms with van der Waals surface area (Å²) >= 11 is 0. The van der Waals surface area contributed by atoms with Gasteiger partial charge >= 0.3 is 0 Å². The highest BCUT2D eigenvalue weighted by Crippen LogP contribution is 2.35. The van der Waals surface area contributed by atoms with E-state index in [2.05, 4.69) is 17.1 Å². The van der Waals surface area contributed by atoms with E-state index in [1.165, 1.54) is 64.6 Å². The summed E-state index contributed by atoms with van der Waals surface area (Å²) in [7, 11) is 0. The number of piperidine rings is 1. The molecule has 0 atom stereocenters. The van der Waals surface area contributed by atoms with E-state index in [-0.39, 0.29) is 5.41 Å². The molecule has 1 saturated heterocycles. The minimum atomic E-state index is 0.195. The van der Waals surface area contributed by atoms with Crippen LogP contribution in [0.2, 0.25) is 0 Å². The lowest BCUT2D eigenvalue weighted by Crippen LogP contribution is -2.47. The number of likely N-dealkylation sites (tertiary alicyclic amines) is 1. The molecule has 2 N–H and O–H groups in total. The number of hydrogen-bond donors (Lipinski definition) is 2. The van der Waals surface area contributed by atoms with Crippen LogP contribution < -0.4 is 5.32 Å². The van der Waals surface area contributed by atoms with Crippen molar-refractivity contribution in [1.82, 2.24) is 10.2 Å². The van der Waals surface area contributed by atoms with Crippen molar-refractivity contribution < 1.29 is 5.11 Å². The van der Waals surface area contributed by atoms with Crippen LogP contribution in [0.1, 0.15) is 51.9 Å². The Labute approximate surface area is 112 Å². The first-order chi connectivity index (χ1) is 8.78. The molecule has 1 heterocycles. The second kappa shape index (κ2) is 6.88. The van der Waals surface area contributed by atoms with E-state index < -0.39 is 0 Å². The maximum absolute atomic E-state index is 9.70. The number of aliphatic hydroxyl groups excluding tert-OH is 1. The molecule has 1 aliphatic heterocycles. The predicted octanol–water partition coefficient (Wildman–Crippen LogP) is 2.00. The van der Waals surface area contributed by atoms with Crippen LogP contribution in [0.25, 0.3) is 0 Å². The van der Waals surface area contributed by atoms with Gasteiger partial charge in [0, 0.05) is 24.6 Å². The molecule has 1 saturated carbocycles. The summed E-state index contributed by atoms with van der Waals surface area (Å²) in [5, 5.41) is 13.4. The van der Waals surface area contributed by atoms with Crippen LogP contribution >= 0.6 is 0 Å². The standard InChI is InChI=1S/C15H30N2O/c1-2-17-10-6-14(7-11-17)16-12-15(13-18)8-4-3-5-9-15/h14,16,18H,2-13H2,1H3. The highest BCUT2D eigenvalue weighted by Gasteiger charge is 2.32. The highest BCUT2D eigenvalue weighted by molar-refractivity contribution is 4.87. The summed E-state index contributed by atoms with van der Waals surface area (Å²) in [6.07, 6.45) is 8.93. The maximum Gasteiger partial charge on any atom is 0.0499 e. The Bertz CT molecular complexity index is 231. The van der Waals surface area contributed by atoms with Gasteiger partial charge < -0.3 is 15.3 Å². The molecule has 2 rings (SSSR count). The predicted molar refractivity (Wildman–Crippen MR) is 75.7 cm³/mol. The van der Waals surface area contributed by atoms with Crippen molar-refractivity contribution in [3.8, 4) is 0 Å². The van der Waals surface area contributed by atoms with Crippen molar-refractivity contribution in [2.45, 2.75) is 57.9 Å². The Morgan fingerprint density at radius 1 is 1.17 bits per heavy atom. The number of nitrogens with zero attached hydrogens (tertiary/aromatic N) is 1. The molecule has 1 aliphatic carbocycles. The number of nitrogens with one attached hydrogen (secondary N) is 1. The maximum atomic E-state index is 9.70. The third-order valence-corrected chi connectivity index (χ3v) is 5.05. The highest BCUT2D eigenvalue weighted by atomic mass is 16.3. The molecular weight excluding hydrogens is 224 g/mol. The van der Waals surface area contributed by atoms with Gasteiger partial charge in [0.2, 0.25) is 0 Å². The zero-order valence-corrected chi connectivity index (χ0v) is 12.0. The van der Waals surface area contributed by atoms with Crippen molar-refractivity contribution in [2.24, 2.45) is 5.41 Å². The van der Waals surface area contributed by atoms with E-state index in [9.17, 15) is 5.11 Å². The zero-order chi connectivity index (χ0) is 12.8. The fraction of sp³-hybridized carbons (Fsp3) is 1.00. The average Bonchev–Trinajstić information content (AvgIpc) is 2.47. The van der Waals surface area contributed by atoms with E-state index in [0.29, 0.717) is 12.6 Å². The summed E-state index contributed by atoms with van der Waals surface area (Å²) in [5.41, 5.74) is 0.195. The Morgan fingerprint density at radius 2 is 1.83 bits per heavy atom. The van der Waals surface area contributed by atoms with Crippen LogP contribution in [-0.4, -0.2) is 48.8 Å². The van der Waals surface area contributed by atoms with Crippen molar-refractivity contribution >= 4 is 0 Å². The van der Waals surface area contributed by atoms with Gasteiger partial charge in [0.25, 0.3) is 0 Å². The Hall–Kier alpha value is -0.120. The third-order valence-electron chi connectivity index (χ3n) is 5.05. The first-order valence-corrected chi connectivity index (χ1v) is 7.84. The van der Waals surface area contributed by atoms with Crippen LogP contribution in [0.5, 0.6) is 0 Å². The van der Waals surface area contributed by atoms with Crippen LogP contribution in [-0.2, 0) is 0 Å². The van der Waals surface area contributed by atoms with E-state index in [0.717, 1.165) is 6.54 Å². The third kappa shape index (κ3) is 3.69. The second-order valence-electron chi connectivity index (χ2n) is 6.31. The molecule has 0 aromatic carbocycles. The smallest absolute Gasteiger partial charge is 0.0499 e. The van der Waals surface area contributed by atoms with Gasteiger partial charge in [-0.05, 0) is 45.3 Å². The zero-order valence-electron chi connectivity index (χ0n) is 12.0. The molecule has 0 spiro atoms. The summed E-state index contributed by atoms with van der Waals surface area (Å²) in [5.74, 6) is 0. The van der Waals surface area contributed by atoms with Crippen molar-refractivity contribution in [1.29, 1.82) is 0 Å².